The summed E-state index contributed by atoms with van der Waals surface area (Å²) in [4.78, 5) is 24.6. The monoisotopic (exact) mass is 460 g/mol. The predicted molar refractivity (Wildman–Crippen MR) is 126 cm³/mol. The first-order chi connectivity index (χ1) is 16.6. The molecule has 0 atom stereocenters. The second-order valence-corrected chi connectivity index (χ2v) is 7.45. The number of hydrazone groups is 1. The number of fused-ring (bicyclic) bond motifs is 1. The maximum atomic E-state index is 12.4. The summed E-state index contributed by atoms with van der Waals surface area (Å²) >= 11 is 0. The second-order valence-electron chi connectivity index (χ2n) is 7.45. The van der Waals surface area contributed by atoms with Crippen molar-refractivity contribution in [2.75, 3.05) is 13.4 Å². The Kier molecular flexibility index (Phi) is 7.39. The lowest BCUT2D eigenvalue weighted by Gasteiger charge is -2.07. The first-order valence-corrected chi connectivity index (χ1v) is 10.9. The van der Waals surface area contributed by atoms with Crippen molar-refractivity contribution in [1.29, 1.82) is 0 Å². The van der Waals surface area contributed by atoms with Crippen molar-refractivity contribution >= 4 is 18.1 Å². The summed E-state index contributed by atoms with van der Waals surface area (Å²) in [6.07, 6.45) is 3.54. The van der Waals surface area contributed by atoms with Crippen molar-refractivity contribution in [1.82, 2.24) is 5.43 Å². The number of rotatable bonds is 9. The molecular formula is C26H24N2O6. The SMILES string of the molecule is CCCCOc1ccc(C(=O)Oc2ccc(C=NNC(=O)c3ccc4c(c3)OCO4)cc2)cc1. The molecule has 174 valence electrons. The van der Waals surface area contributed by atoms with E-state index in [1.165, 1.54) is 6.21 Å². The lowest BCUT2D eigenvalue weighted by Crippen LogP contribution is -2.17. The molecule has 4 rings (SSSR count). The summed E-state index contributed by atoms with van der Waals surface area (Å²) in [6.45, 7) is 2.89. The highest BCUT2D eigenvalue weighted by atomic mass is 16.7. The van der Waals surface area contributed by atoms with Crippen LogP contribution in [-0.4, -0.2) is 31.5 Å². The van der Waals surface area contributed by atoms with Gasteiger partial charge in [-0.05, 0) is 78.7 Å². The molecule has 34 heavy (non-hydrogen) atoms. The average Bonchev–Trinajstić information content (AvgIpc) is 3.33. The highest BCUT2D eigenvalue weighted by molar-refractivity contribution is 5.95. The normalized spacial score (nSPS) is 11.9. The number of unbranched alkanes of at least 4 members (excludes halogenated alkanes) is 1. The van der Waals surface area contributed by atoms with E-state index in [4.69, 9.17) is 18.9 Å². The van der Waals surface area contributed by atoms with E-state index >= 15 is 0 Å². The summed E-state index contributed by atoms with van der Waals surface area (Å²) in [7, 11) is 0. The van der Waals surface area contributed by atoms with Crippen LogP contribution >= 0.6 is 0 Å². The van der Waals surface area contributed by atoms with Gasteiger partial charge in [0, 0.05) is 5.56 Å². The fraction of sp³-hybridized carbons (Fsp3) is 0.192. The zero-order chi connectivity index (χ0) is 23.8. The van der Waals surface area contributed by atoms with Crippen molar-refractivity contribution in [3.8, 4) is 23.0 Å². The van der Waals surface area contributed by atoms with Crippen LogP contribution < -0.4 is 24.4 Å². The van der Waals surface area contributed by atoms with Gasteiger partial charge in [-0.25, -0.2) is 10.2 Å². The molecular weight excluding hydrogens is 436 g/mol. The molecule has 1 N–H and O–H groups in total. The Morgan fingerprint density at radius 1 is 0.941 bits per heavy atom. The highest BCUT2D eigenvalue weighted by Crippen LogP contribution is 2.32. The zero-order valence-electron chi connectivity index (χ0n) is 18.7. The number of carbonyl (C=O) groups excluding carboxylic acids is 2. The molecule has 0 radical (unpaired) electrons. The van der Waals surface area contributed by atoms with Crippen molar-refractivity contribution in [3.63, 3.8) is 0 Å². The third-order valence-corrected chi connectivity index (χ3v) is 4.96. The van der Waals surface area contributed by atoms with Gasteiger partial charge in [0.1, 0.15) is 11.5 Å². The number of benzene rings is 3. The van der Waals surface area contributed by atoms with Crippen LogP contribution in [0.3, 0.4) is 0 Å². The second kappa shape index (κ2) is 11.0. The predicted octanol–water partition coefficient (Wildman–Crippen LogP) is 4.58. The van der Waals surface area contributed by atoms with Crippen LogP contribution in [0.25, 0.3) is 0 Å². The number of nitrogens with zero attached hydrogens (tertiary/aromatic N) is 1. The molecule has 0 bridgehead atoms. The number of esters is 1. The van der Waals surface area contributed by atoms with E-state index in [1.54, 1.807) is 66.7 Å². The molecule has 3 aromatic carbocycles. The Labute approximate surface area is 197 Å². The van der Waals surface area contributed by atoms with Crippen molar-refractivity contribution < 1.29 is 28.5 Å². The molecule has 1 amide bonds. The van der Waals surface area contributed by atoms with Crippen LogP contribution in [0.1, 0.15) is 46.0 Å². The fourth-order valence-corrected chi connectivity index (χ4v) is 3.08. The Morgan fingerprint density at radius 3 is 2.41 bits per heavy atom. The minimum absolute atomic E-state index is 0.143. The van der Waals surface area contributed by atoms with E-state index in [-0.39, 0.29) is 12.7 Å². The number of hydrogen-bond acceptors (Lipinski definition) is 7. The van der Waals surface area contributed by atoms with E-state index in [0.717, 1.165) is 24.2 Å². The van der Waals surface area contributed by atoms with E-state index in [9.17, 15) is 9.59 Å². The van der Waals surface area contributed by atoms with Crippen molar-refractivity contribution in [2.24, 2.45) is 5.10 Å². The summed E-state index contributed by atoms with van der Waals surface area (Å²) < 4.78 is 21.5. The van der Waals surface area contributed by atoms with Crippen LogP contribution in [-0.2, 0) is 0 Å². The molecule has 0 saturated heterocycles. The molecule has 8 heteroatoms. The summed E-state index contributed by atoms with van der Waals surface area (Å²) in [6, 6.07) is 18.5. The largest absolute Gasteiger partial charge is 0.494 e. The van der Waals surface area contributed by atoms with Gasteiger partial charge in [0.15, 0.2) is 11.5 Å². The van der Waals surface area contributed by atoms with E-state index in [1.807, 2.05) is 0 Å². The van der Waals surface area contributed by atoms with Gasteiger partial charge in [0.25, 0.3) is 5.91 Å². The first-order valence-electron chi connectivity index (χ1n) is 10.9. The number of hydrogen-bond donors (Lipinski definition) is 1. The van der Waals surface area contributed by atoms with Gasteiger partial charge in [-0.3, -0.25) is 4.79 Å². The van der Waals surface area contributed by atoms with Crippen LogP contribution in [0.5, 0.6) is 23.0 Å². The molecule has 0 spiro atoms. The van der Waals surface area contributed by atoms with Gasteiger partial charge in [-0.2, -0.15) is 5.10 Å². The molecule has 3 aromatic rings. The lowest BCUT2D eigenvalue weighted by molar-refractivity contribution is 0.0734. The Hall–Kier alpha value is -4.33. The minimum Gasteiger partial charge on any atom is -0.494 e. The van der Waals surface area contributed by atoms with Gasteiger partial charge < -0.3 is 18.9 Å². The maximum absolute atomic E-state index is 12.4. The molecule has 0 saturated carbocycles. The molecule has 1 heterocycles. The third kappa shape index (κ3) is 5.92. The molecule has 8 nitrogen and oxygen atoms in total. The zero-order valence-corrected chi connectivity index (χ0v) is 18.7. The van der Waals surface area contributed by atoms with Crippen LogP contribution in [0.2, 0.25) is 0 Å². The summed E-state index contributed by atoms with van der Waals surface area (Å²) in [5.41, 5.74) is 4.02. The molecule has 0 aromatic heterocycles. The van der Waals surface area contributed by atoms with E-state index in [0.29, 0.717) is 35.0 Å². The molecule has 1 aliphatic rings. The minimum atomic E-state index is -0.461. The molecule has 0 aliphatic carbocycles. The van der Waals surface area contributed by atoms with Gasteiger partial charge in [0.05, 0.1) is 18.4 Å². The van der Waals surface area contributed by atoms with Crippen molar-refractivity contribution in [2.45, 2.75) is 19.8 Å². The number of nitrogens with one attached hydrogen (secondary N) is 1. The molecule has 0 unspecified atom stereocenters. The quantitative estimate of drug-likeness (QED) is 0.165. The lowest BCUT2D eigenvalue weighted by atomic mass is 10.2. The third-order valence-electron chi connectivity index (χ3n) is 4.96. The maximum Gasteiger partial charge on any atom is 0.343 e. The average molecular weight is 460 g/mol. The number of amides is 1. The van der Waals surface area contributed by atoms with Crippen LogP contribution in [0, 0.1) is 0 Å². The summed E-state index contributed by atoms with van der Waals surface area (Å²) in [5, 5.41) is 3.97. The van der Waals surface area contributed by atoms with Crippen LogP contribution in [0.4, 0.5) is 0 Å². The van der Waals surface area contributed by atoms with Gasteiger partial charge in [0.2, 0.25) is 6.79 Å². The van der Waals surface area contributed by atoms with Crippen molar-refractivity contribution in [3.05, 3.63) is 83.4 Å². The van der Waals surface area contributed by atoms with Crippen LogP contribution in [0.15, 0.2) is 71.8 Å². The fourth-order valence-electron chi connectivity index (χ4n) is 3.08. The smallest absolute Gasteiger partial charge is 0.343 e. The topological polar surface area (TPSA) is 95.5 Å². The Morgan fingerprint density at radius 2 is 1.65 bits per heavy atom. The van der Waals surface area contributed by atoms with E-state index < -0.39 is 5.97 Å². The molecule has 0 fully saturated rings. The van der Waals surface area contributed by atoms with E-state index in [2.05, 4.69) is 17.5 Å². The standard InChI is InChI=1S/C26H24N2O6/c1-2-3-14-31-21-11-6-19(7-12-21)26(30)34-22-9-4-18(5-10-22)16-27-28-25(29)20-8-13-23-24(15-20)33-17-32-23/h4-13,15-16H,2-3,14,17H2,1H3,(H,28,29). The molecule has 1 aliphatic heterocycles. The van der Waals surface area contributed by atoms with Gasteiger partial charge >= 0.3 is 5.97 Å². The first kappa shape index (κ1) is 22.8. The van der Waals surface area contributed by atoms with Gasteiger partial charge in [-0.1, -0.05) is 13.3 Å². The summed E-state index contributed by atoms with van der Waals surface area (Å²) in [5.74, 6) is 1.42. The highest BCUT2D eigenvalue weighted by Gasteiger charge is 2.16. The number of carbonyl (C=O) groups is 2. The number of ether oxygens (including phenoxy) is 4. The van der Waals surface area contributed by atoms with Gasteiger partial charge in [-0.15, -0.1) is 0 Å². The Bertz CT molecular complexity index is 1170. The Balaban J connectivity index is 1.27.